The van der Waals surface area contributed by atoms with Crippen LogP contribution < -0.4 is 11.5 Å². The van der Waals surface area contributed by atoms with E-state index in [0.29, 0.717) is 0 Å². The van der Waals surface area contributed by atoms with Crippen molar-refractivity contribution in [3.8, 4) is 0 Å². The van der Waals surface area contributed by atoms with Crippen molar-refractivity contribution in [3.63, 3.8) is 0 Å². The topological polar surface area (TPSA) is 142 Å². The van der Waals surface area contributed by atoms with Gasteiger partial charge in [0.1, 0.15) is 0 Å². The van der Waals surface area contributed by atoms with Crippen molar-refractivity contribution in [2.24, 2.45) is 0 Å². The first-order valence-electron chi connectivity index (χ1n) is 2.39. The molecule has 7 nitrogen and oxygen atoms in total. The molecule has 0 spiro atoms. The molecule has 0 radical (unpaired) electrons. The molecule has 0 aromatic carbocycles. The number of rotatable bonds is 4. The molecule has 0 aliphatic carbocycles. The van der Waals surface area contributed by atoms with Gasteiger partial charge in [0.15, 0.2) is 0 Å². The molecule has 70 valence electrons. The molecule has 9 heteroatoms. The molecule has 0 unspecified atom stereocenters. The molecule has 0 aromatic rings. The van der Waals surface area contributed by atoms with Crippen molar-refractivity contribution >= 4 is 64.9 Å². The number of carboxylic acid groups (broad SMARTS) is 1. The minimum atomic E-state index is -4.10. The van der Waals surface area contributed by atoms with Crippen LogP contribution in [-0.4, -0.2) is 85.1 Å². The molecule has 0 atom stereocenters. The summed E-state index contributed by atoms with van der Waals surface area (Å²) in [5, 5.41) is 10.1. The van der Waals surface area contributed by atoms with Crippen LogP contribution in [0.5, 0.6) is 0 Å². The van der Waals surface area contributed by atoms with Crippen molar-refractivity contribution in [2.45, 2.75) is 0 Å². The van der Waals surface area contributed by atoms with Crippen molar-refractivity contribution in [1.82, 2.24) is 11.5 Å². The fraction of sp³-hybridized carbons (Fsp3) is 0.667. The van der Waals surface area contributed by atoms with E-state index in [-0.39, 0.29) is 57.5 Å². The Labute approximate surface area is 112 Å². The standard InChI is InChI=1S/C3H8NO5P.K.H3N.H/c5-3(6)1-4-2-10(7,8)9;;;/h4H,1-2H2,(H,5,6)(H2,7,8,9);;1H3;. The summed E-state index contributed by atoms with van der Waals surface area (Å²) in [4.78, 5) is 26.1. The fourth-order valence-electron chi connectivity index (χ4n) is 0.308. The third kappa shape index (κ3) is 17.3. The van der Waals surface area contributed by atoms with Gasteiger partial charge in [-0.3, -0.25) is 14.7 Å². The molecule has 0 saturated carbocycles. The van der Waals surface area contributed by atoms with Gasteiger partial charge in [-0.2, -0.15) is 0 Å². The molecule has 0 heterocycles. The average Bonchev–Trinajstić information content (AvgIpc) is 1.59. The van der Waals surface area contributed by atoms with Crippen LogP contribution in [0.3, 0.4) is 0 Å². The molecule has 12 heavy (non-hydrogen) atoms. The molecule has 0 bridgehead atoms. The van der Waals surface area contributed by atoms with E-state index in [1.54, 1.807) is 0 Å². The van der Waals surface area contributed by atoms with E-state index in [1.165, 1.54) is 0 Å². The number of aliphatic carboxylic acids is 1. The van der Waals surface area contributed by atoms with Gasteiger partial charge >= 0.3 is 64.9 Å². The molecule has 0 rings (SSSR count). The SMILES string of the molecule is N.O=C(O)CNCP(=O)(O)O.[KH]. The minimum absolute atomic E-state index is 0. The Kier molecular flexibility index (Phi) is 13.8. The van der Waals surface area contributed by atoms with E-state index in [0.717, 1.165) is 0 Å². The van der Waals surface area contributed by atoms with Crippen LogP contribution in [0.25, 0.3) is 0 Å². The summed E-state index contributed by atoms with van der Waals surface area (Å²) < 4.78 is 10.1. The first-order chi connectivity index (χ1) is 4.42. The van der Waals surface area contributed by atoms with Crippen molar-refractivity contribution in [3.05, 3.63) is 0 Å². The van der Waals surface area contributed by atoms with Gasteiger partial charge in [-0.05, 0) is 0 Å². The second-order valence-electron chi connectivity index (χ2n) is 1.64. The third-order valence-electron chi connectivity index (χ3n) is 0.594. The maximum atomic E-state index is 10.1. The molecule has 0 saturated heterocycles. The molecule has 7 N–H and O–H groups in total. The van der Waals surface area contributed by atoms with Crippen LogP contribution in [-0.2, 0) is 9.36 Å². The Morgan fingerprint density at radius 1 is 1.42 bits per heavy atom. The Balaban J connectivity index is -0.000000405. The quantitative estimate of drug-likeness (QED) is 0.284. The zero-order valence-corrected chi connectivity index (χ0v) is 6.62. The summed E-state index contributed by atoms with van der Waals surface area (Å²) in [6.07, 6.45) is -0.598. The van der Waals surface area contributed by atoms with E-state index in [9.17, 15) is 9.36 Å². The number of hydrogen-bond donors (Lipinski definition) is 5. The zero-order valence-electron chi connectivity index (χ0n) is 5.73. The zero-order chi connectivity index (χ0) is 8.20. The fourth-order valence-corrected chi connectivity index (χ4v) is 0.712. The van der Waals surface area contributed by atoms with E-state index >= 15 is 0 Å². The number of nitrogens with one attached hydrogen (secondary N) is 1. The van der Waals surface area contributed by atoms with Crippen LogP contribution in [0, 0.1) is 0 Å². The van der Waals surface area contributed by atoms with Gasteiger partial charge in [-0.15, -0.1) is 0 Å². The summed E-state index contributed by atoms with van der Waals surface area (Å²) in [5.74, 6) is -1.14. The Hall–Kier alpha value is 1.18. The second-order valence-corrected chi connectivity index (χ2v) is 3.29. The number of carboxylic acids is 1. The van der Waals surface area contributed by atoms with Gasteiger partial charge in [-0.1, -0.05) is 0 Å². The average molecular weight is 226 g/mol. The second kappa shape index (κ2) is 8.76. The van der Waals surface area contributed by atoms with Crippen LogP contribution in [0.15, 0.2) is 0 Å². The molecule has 0 amide bonds. The normalized spacial score (nSPS) is 9.50. The van der Waals surface area contributed by atoms with Crippen molar-refractivity contribution in [2.75, 3.05) is 12.8 Å². The van der Waals surface area contributed by atoms with E-state index in [1.807, 2.05) is 0 Å². The van der Waals surface area contributed by atoms with Crippen LogP contribution >= 0.6 is 7.60 Å². The summed E-state index contributed by atoms with van der Waals surface area (Å²) in [6.45, 7) is -0.439. The Bertz CT molecular complexity index is 170. The van der Waals surface area contributed by atoms with Gasteiger partial charge in [-0.25, -0.2) is 0 Å². The van der Waals surface area contributed by atoms with Crippen LogP contribution in [0.2, 0.25) is 0 Å². The van der Waals surface area contributed by atoms with Crippen LogP contribution in [0.4, 0.5) is 0 Å². The summed E-state index contributed by atoms with van der Waals surface area (Å²) in [7, 11) is -4.10. The van der Waals surface area contributed by atoms with Gasteiger partial charge in [0.05, 0.1) is 12.8 Å². The molecule has 0 fully saturated rings. The first-order valence-corrected chi connectivity index (χ1v) is 4.18. The predicted octanol–water partition coefficient (Wildman–Crippen LogP) is -1.69. The maximum absolute atomic E-state index is 10.1. The molecule has 0 aliphatic heterocycles. The number of carbonyl (C=O) groups is 1. The molecular weight excluding hydrogens is 214 g/mol. The summed E-state index contributed by atoms with van der Waals surface area (Å²) in [6, 6.07) is 0. The molecule has 0 aliphatic rings. The Morgan fingerprint density at radius 2 is 1.83 bits per heavy atom. The van der Waals surface area contributed by atoms with Gasteiger partial charge < -0.3 is 21.0 Å². The van der Waals surface area contributed by atoms with Gasteiger partial charge in [0, 0.05) is 0 Å². The summed E-state index contributed by atoms with van der Waals surface area (Å²) >= 11 is 0. The van der Waals surface area contributed by atoms with Gasteiger partial charge in [0.2, 0.25) is 0 Å². The van der Waals surface area contributed by atoms with Crippen molar-refractivity contribution in [1.29, 1.82) is 0 Å². The Morgan fingerprint density at radius 3 is 2.08 bits per heavy atom. The van der Waals surface area contributed by atoms with Crippen molar-refractivity contribution < 1.29 is 24.3 Å². The van der Waals surface area contributed by atoms with Crippen LogP contribution in [0.1, 0.15) is 0 Å². The predicted molar refractivity (Wildman–Crippen MR) is 44.7 cm³/mol. The van der Waals surface area contributed by atoms with E-state index in [4.69, 9.17) is 14.9 Å². The van der Waals surface area contributed by atoms with E-state index < -0.39 is 26.4 Å². The number of hydrogen-bond acceptors (Lipinski definition) is 4. The molecular formula is C3H12KN2O5P. The van der Waals surface area contributed by atoms with Gasteiger partial charge in [0.25, 0.3) is 0 Å². The summed E-state index contributed by atoms with van der Waals surface area (Å²) in [5.41, 5.74) is 0. The monoisotopic (exact) mass is 226 g/mol. The third-order valence-corrected chi connectivity index (χ3v) is 1.23. The van der Waals surface area contributed by atoms with E-state index in [2.05, 4.69) is 5.32 Å². The first kappa shape index (κ1) is 18.9. The molecule has 0 aromatic heterocycles.